The van der Waals surface area contributed by atoms with Gasteiger partial charge in [-0.1, -0.05) is 17.7 Å². The number of pyridine rings is 1. The van der Waals surface area contributed by atoms with Gasteiger partial charge in [-0.2, -0.15) is 0 Å². The predicted molar refractivity (Wildman–Crippen MR) is 84.0 cm³/mol. The zero-order valence-electron chi connectivity index (χ0n) is 12.2. The van der Waals surface area contributed by atoms with Gasteiger partial charge >= 0.3 is 0 Å². The van der Waals surface area contributed by atoms with Crippen molar-refractivity contribution in [2.45, 2.75) is 24.4 Å². The van der Waals surface area contributed by atoms with Crippen molar-refractivity contribution in [3.63, 3.8) is 0 Å². The number of sulfone groups is 1. The summed E-state index contributed by atoms with van der Waals surface area (Å²) in [6.45, 7) is 2.36. The van der Waals surface area contributed by atoms with Crippen molar-refractivity contribution < 1.29 is 12.8 Å². The predicted octanol–water partition coefficient (Wildman–Crippen LogP) is 3.13. The van der Waals surface area contributed by atoms with Crippen LogP contribution in [0.2, 0.25) is 5.02 Å². The molecule has 1 N–H and O–H groups in total. The fraction of sp³-hybridized carbons (Fsp3) is 0.267. The minimum absolute atomic E-state index is 0.160. The average Bonchev–Trinajstić information content (AvgIpc) is 2.44. The Morgan fingerprint density at radius 1 is 1.36 bits per heavy atom. The molecule has 0 bridgehead atoms. The Bertz CT molecular complexity index is 781. The maximum Gasteiger partial charge on any atom is 0.178 e. The second-order valence-corrected chi connectivity index (χ2v) is 7.42. The number of halogens is 2. The van der Waals surface area contributed by atoms with Crippen molar-refractivity contribution in [3.05, 3.63) is 58.6 Å². The van der Waals surface area contributed by atoms with Gasteiger partial charge in [0.2, 0.25) is 0 Å². The van der Waals surface area contributed by atoms with E-state index in [1.54, 1.807) is 24.5 Å². The van der Waals surface area contributed by atoms with Crippen LogP contribution in [0, 0.1) is 5.82 Å². The van der Waals surface area contributed by atoms with Gasteiger partial charge in [-0.25, -0.2) is 12.8 Å². The van der Waals surface area contributed by atoms with E-state index in [-0.39, 0.29) is 10.9 Å². The van der Waals surface area contributed by atoms with E-state index < -0.39 is 15.7 Å². The van der Waals surface area contributed by atoms with Gasteiger partial charge in [0.25, 0.3) is 0 Å². The summed E-state index contributed by atoms with van der Waals surface area (Å²) in [5.41, 5.74) is 1.55. The molecule has 4 nitrogen and oxygen atoms in total. The Balaban J connectivity index is 2.12. The normalized spacial score (nSPS) is 13.1. The summed E-state index contributed by atoms with van der Waals surface area (Å²) in [6, 6.07) is 5.77. The second kappa shape index (κ2) is 6.73. The third-order valence-corrected chi connectivity index (χ3v) is 4.78. The first kappa shape index (κ1) is 16.9. The number of hydrogen-bond acceptors (Lipinski definition) is 4. The number of nitrogens with one attached hydrogen (secondary N) is 1. The zero-order chi connectivity index (χ0) is 16.3. The van der Waals surface area contributed by atoms with Crippen LogP contribution in [0.1, 0.15) is 24.1 Å². The van der Waals surface area contributed by atoms with Crippen LogP contribution in [-0.2, 0) is 16.4 Å². The molecular weight excluding hydrogens is 327 g/mol. The van der Waals surface area contributed by atoms with E-state index in [4.69, 9.17) is 11.6 Å². The Kier molecular flexibility index (Phi) is 5.16. The monoisotopic (exact) mass is 342 g/mol. The van der Waals surface area contributed by atoms with Crippen LogP contribution in [-0.4, -0.2) is 19.7 Å². The van der Waals surface area contributed by atoms with Crippen LogP contribution in [0.5, 0.6) is 0 Å². The molecule has 0 aliphatic heterocycles. The third kappa shape index (κ3) is 4.03. The molecule has 0 fully saturated rings. The molecule has 1 unspecified atom stereocenters. The van der Waals surface area contributed by atoms with Crippen LogP contribution < -0.4 is 5.32 Å². The molecule has 1 aromatic heterocycles. The van der Waals surface area contributed by atoms with E-state index in [1.807, 2.05) is 6.92 Å². The molecule has 0 saturated carbocycles. The molecule has 0 amide bonds. The molecule has 0 aliphatic rings. The van der Waals surface area contributed by atoms with E-state index in [0.29, 0.717) is 17.1 Å². The first-order valence-electron chi connectivity index (χ1n) is 6.60. The summed E-state index contributed by atoms with van der Waals surface area (Å²) < 4.78 is 36.7. The molecule has 0 spiro atoms. The topological polar surface area (TPSA) is 59.1 Å². The van der Waals surface area contributed by atoms with Crippen LogP contribution in [0.25, 0.3) is 0 Å². The minimum Gasteiger partial charge on any atom is -0.306 e. The highest BCUT2D eigenvalue weighted by atomic mass is 35.5. The molecule has 1 heterocycles. The standard InChI is InChI=1S/C15H16ClFN2O2S/c1-10(19-8-12-5-6-18-9-13(12)16)11-3-4-15(14(17)7-11)22(2,20)21/h3-7,9-10,19H,8H2,1-2H3. The van der Waals surface area contributed by atoms with Gasteiger partial charge in [-0.3, -0.25) is 4.98 Å². The van der Waals surface area contributed by atoms with E-state index in [1.165, 1.54) is 12.1 Å². The summed E-state index contributed by atoms with van der Waals surface area (Å²) in [6.07, 6.45) is 4.19. The zero-order valence-corrected chi connectivity index (χ0v) is 13.7. The highest BCUT2D eigenvalue weighted by Gasteiger charge is 2.15. The maximum atomic E-state index is 13.9. The minimum atomic E-state index is -3.56. The maximum absolute atomic E-state index is 13.9. The molecule has 1 aromatic carbocycles. The quantitative estimate of drug-likeness (QED) is 0.907. The van der Waals surface area contributed by atoms with Crippen molar-refractivity contribution in [1.82, 2.24) is 10.3 Å². The Morgan fingerprint density at radius 2 is 2.09 bits per heavy atom. The molecule has 0 saturated heterocycles. The highest BCUT2D eigenvalue weighted by Crippen LogP contribution is 2.21. The van der Waals surface area contributed by atoms with Crippen molar-refractivity contribution in [2.24, 2.45) is 0 Å². The third-order valence-electron chi connectivity index (χ3n) is 3.31. The van der Waals surface area contributed by atoms with Crippen molar-refractivity contribution in [2.75, 3.05) is 6.26 Å². The molecule has 1 atom stereocenters. The van der Waals surface area contributed by atoms with Crippen molar-refractivity contribution in [1.29, 1.82) is 0 Å². The fourth-order valence-corrected chi connectivity index (χ4v) is 2.93. The fourth-order valence-electron chi connectivity index (χ4n) is 2.02. The summed E-state index contributed by atoms with van der Waals surface area (Å²) in [7, 11) is -3.56. The first-order chi connectivity index (χ1) is 10.3. The molecular formula is C15H16ClFN2O2S. The van der Waals surface area contributed by atoms with Crippen molar-refractivity contribution >= 4 is 21.4 Å². The summed E-state index contributed by atoms with van der Waals surface area (Å²) in [5, 5.41) is 3.77. The van der Waals surface area contributed by atoms with Crippen LogP contribution in [0.15, 0.2) is 41.6 Å². The van der Waals surface area contributed by atoms with Gasteiger partial charge in [0.1, 0.15) is 10.7 Å². The number of benzene rings is 1. The largest absolute Gasteiger partial charge is 0.306 e. The summed E-state index contributed by atoms with van der Waals surface area (Å²) in [4.78, 5) is 3.62. The Hall–Kier alpha value is -1.50. The Labute approximate surface area is 134 Å². The van der Waals surface area contributed by atoms with Gasteiger partial charge in [0.15, 0.2) is 9.84 Å². The molecule has 7 heteroatoms. The lowest BCUT2D eigenvalue weighted by Gasteiger charge is -2.15. The van der Waals surface area contributed by atoms with Gasteiger partial charge in [-0.05, 0) is 36.2 Å². The summed E-state index contributed by atoms with van der Waals surface area (Å²) >= 11 is 6.02. The number of aromatic nitrogens is 1. The smallest absolute Gasteiger partial charge is 0.178 e. The summed E-state index contributed by atoms with van der Waals surface area (Å²) in [5.74, 6) is -0.740. The SMILES string of the molecule is CC(NCc1ccncc1Cl)c1ccc(S(C)(=O)=O)c(F)c1. The van der Waals surface area contributed by atoms with Crippen LogP contribution >= 0.6 is 11.6 Å². The average molecular weight is 343 g/mol. The van der Waals surface area contributed by atoms with E-state index >= 15 is 0 Å². The van der Waals surface area contributed by atoms with Gasteiger partial charge in [-0.15, -0.1) is 0 Å². The van der Waals surface area contributed by atoms with Gasteiger partial charge < -0.3 is 5.32 Å². The van der Waals surface area contributed by atoms with E-state index in [0.717, 1.165) is 11.8 Å². The highest BCUT2D eigenvalue weighted by molar-refractivity contribution is 7.90. The van der Waals surface area contributed by atoms with E-state index in [2.05, 4.69) is 10.3 Å². The lowest BCUT2D eigenvalue weighted by molar-refractivity contribution is 0.550. The molecule has 118 valence electrons. The number of hydrogen-bond donors (Lipinski definition) is 1. The molecule has 2 rings (SSSR count). The van der Waals surface area contributed by atoms with Gasteiger partial charge in [0.05, 0.1) is 5.02 Å². The Morgan fingerprint density at radius 3 is 2.68 bits per heavy atom. The van der Waals surface area contributed by atoms with Crippen LogP contribution in [0.4, 0.5) is 4.39 Å². The van der Waals surface area contributed by atoms with Crippen molar-refractivity contribution in [3.8, 4) is 0 Å². The van der Waals surface area contributed by atoms with Crippen LogP contribution in [0.3, 0.4) is 0 Å². The van der Waals surface area contributed by atoms with E-state index in [9.17, 15) is 12.8 Å². The first-order valence-corrected chi connectivity index (χ1v) is 8.87. The lowest BCUT2D eigenvalue weighted by atomic mass is 10.1. The molecule has 0 radical (unpaired) electrons. The molecule has 0 aliphatic carbocycles. The van der Waals surface area contributed by atoms with Gasteiger partial charge in [0, 0.05) is 31.2 Å². The number of nitrogens with zero attached hydrogens (tertiary/aromatic N) is 1. The molecule has 22 heavy (non-hydrogen) atoms. The number of rotatable bonds is 5. The lowest BCUT2D eigenvalue weighted by Crippen LogP contribution is -2.18. The second-order valence-electron chi connectivity index (χ2n) is 5.03. The molecule has 2 aromatic rings.